The van der Waals surface area contributed by atoms with Gasteiger partial charge in [0.05, 0.1) is 0 Å². The lowest BCUT2D eigenvalue weighted by atomic mass is 9.80. The van der Waals surface area contributed by atoms with Gasteiger partial charge in [-0.3, -0.25) is 0 Å². The van der Waals surface area contributed by atoms with Crippen molar-refractivity contribution in [2.75, 3.05) is 0 Å². The zero-order valence-corrected chi connectivity index (χ0v) is 18.5. The third-order valence-electron chi connectivity index (χ3n) is 7.52. The van der Waals surface area contributed by atoms with Crippen LogP contribution in [0.5, 0.6) is 0 Å². The lowest BCUT2D eigenvalue weighted by Gasteiger charge is -2.23. The first kappa shape index (κ1) is 18.7. The van der Waals surface area contributed by atoms with Crippen LogP contribution in [0.3, 0.4) is 0 Å². The van der Waals surface area contributed by atoms with Crippen molar-refractivity contribution in [2.24, 2.45) is 5.92 Å². The minimum atomic E-state index is 0.293. The van der Waals surface area contributed by atoms with E-state index in [1.54, 1.807) is 0 Å². The topological polar surface area (TPSA) is 0 Å². The normalized spacial score (nSPS) is 15.8. The van der Waals surface area contributed by atoms with E-state index in [9.17, 15) is 0 Å². The summed E-state index contributed by atoms with van der Waals surface area (Å²) in [5, 5.41) is 10.7. The summed E-state index contributed by atoms with van der Waals surface area (Å²) in [7, 11) is 0. The summed E-state index contributed by atoms with van der Waals surface area (Å²) in [6, 6.07) is 40.3. The van der Waals surface area contributed by atoms with Crippen molar-refractivity contribution in [3.8, 4) is 0 Å². The molecule has 0 spiro atoms. The third-order valence-corrected chi connectivity index (χ3v) is 7.52. The number of benzene rings is 6. The molecule has 0 saturated heterocycles. The Bertz CT molecular complexity index is 1600. The number of hydrogen-bond donors (Lipinski definition) is 0. The molecule has 6 aromatic rings. The van der Waals surface area contributed by atoms with E-state index in [-0.39, 0.29) is 0 Å². The summed E-state index contributed by atoms with van der Waals surface area (Å²) in [6.45, 7) is 4.40. The molecular formula is C33H24. The molecule has 1 fully saturated rings. The lowest BCUT2D eigenvalue weighted by Crippen LogP contribution is -2.06. The fourth-order valence-corrected chi connectivity index (χ4v) is 5.86. The van der Waals surface area contributed by atoms with Gasteiger partial charge in [-0.05, 0) is 78.7 Å². The molecule has 0 nitrogen and oxygen atoms in total. The van der Waals surface area contributed by atoms with Crippen LogP contribution in [-0.4, -0.2) is 0 Å². The molecule has 33 heavy (non-hydrogen) atoms. The zero-order chi connectivity index (χ0) is 21.9. The SMILES string of the molecule is C=C1CC1C(c1cc2ccccc2c2ccccc12)c1cc2ccccc2c2ccccc12. The van der Waals surface area contributed by atoms with Gasteiger partial charge in [0.15, 0.2) is 0 Å². The van der Waals surface area contributed by atoms with Crippen molar-refractivity contribution < 1.29 is 0 Å². The minimum absolute atomic E-state index is 0.293. The van der Waals surface area contributed by atoms with Gasteiger partial charge in [0, 0.05) is 5.92 Å². The molecule has 1 aliphatic carbocycles. The fraction of sp³-hybridized carbons (Fsp3) is 0.0909. The molecule has 1 aliphatic rings. The highest BCUT2D eigenvalue weighted by molar-refractivity contribution is 6.11. The molecule has 0 aliphatic heterocycles. The molecular weight excluding hydrogens is 396 g/mol. The van der Waals surface area contributed by atoms with Gasteiger partial charge in [0.1, 0.15) is 0 Å². The quantitative estimate of drug-likeness (QED) is 0.198. The number of allylic oxidation sites excluding steroid dienone is 1. The maximum atomic E-state index is 4.40. The van der Waals surface area contributed by atoms with E-state index in [1.807, 2.05) is 0 Å². The summed E-state index contributed by atoms with van der Waals surface area (Å²) < 4.78 is 0. The first-order valence-electron chi connectivity index (χ1n) is 11.8. The Balaban J connectivity index is 1.61. The second-order valence-corrected chi connectivity index (χ2v) is 9.41. The van der Waals surface area contributed by atoms with Gasteiger partial charge in [-0.25, -0.2) is 0 Å². The van der Waals surface area contributed by atoms with Crippen LogP contribution in [0, 0.1) is 5.92 Å². The second-order valence-electron chi connectivity index (χ2n) is 9.41. The lowest BCUT2D eigenvalue weighted by molar-refractivity contribution is 0.739. The average molecular weight is 421 g/mol. The smallest absolute Gasteiger partial charge is 0.0170 e. The first-order chi connectivity index (χ1) is 16.3. The standard InChI is InChI=1S/C33H24/c1-21-18-30(21)33(31-19-22-10-2-4-12-24(22)26-14-6-8-16-28(26)31)32-20-23-11-3-5-13-25(23)27-15-7-9-17-29(27)32/h2-17,19-20,30,33H,1,18H2. The summed E-state index contributed by atoms with van der Waals surface area (Å²) in [4.78, 5) is 0. The summed E-state index contributed by atoms with van der Waals surface area (Å²) >= 11 is 0. The van der Waals surface area contributed by atoms with Gasteiger partial charge < -0.3 is 0 Å². The Kier molecular flexibility index (Phi) is 3.98. The Morgan fingerprint density at radius 3 is 1.30 bits per heavy atom. The molecule has 156 valence electrons. The van der Waals surface area contributed by atoms with E-state index in [2.05, 4.69) is 116 Å². The molecule has 0 radical (unpaired) electrons. The van der Waals surface area contributed by atoms with E-state index >= 15 is 0 Å². The van der Waals surface area contributed by atoms with E-state index in [0.29, 0.717) is 11.8 Å². The average Bonchev–Trinajstić information content (AvgIpc) is 3.60. The minimum Gasteiger partial charge on any atom is -0.0995 e. The Hall–Kier alpha value is -3.90. The molecule has 0 N–H and O–H groups in total. The fourth-order valence-electron chi connectivity index (χ4n) is 5.86. The van der Waals surface area contributed by atoms with Crippen LogP contribution in [0.4, 0.5) is 0 Å². The van der Waals surface area contributed by atoms with Crippen molar-refractivity contribution in [1.29, 1.82) is 0 Å². The third kappa shape index (κ3) is 2.84. The van der Waals surface area contributed by atoms with Crippen molar-refractivity contribution >= 4 is 43.1 Å². The van der Waals surface area contributed by atoms with E-state index < -0.39 is 0 Å². The van der Waals surface area contributed by atoms with Gasteiger partial charge in [0.25, 0.3) is 0 Å². The molecule has 1 unspecified atom stereocenters. The van der Waals surface area contributed by atoms with Gasteiger partial charge >= 0.3 is 0 Å². The van der Waals surface area contributed by atoms with E-state index in [4.69, 9.17) is 0 Å². The van der Waals surface area contributed by atoms with Gasteiger partial charge in [-0.2, -0.15) is 0 Å². The number of hydrogen-bond acceptors (Lipinski definition) is 0. The van der Waals surface area contributed by atoms with Crippen LogP contribution < -0.4 is 0 Å². The number of fused-ring (bicyclic) bond motifs is 6. The predicted molar refractivity (Wildman–Crippen MR) is 142 cm³/mol. The molecule has 0 bridgehead atoms. The molecule has 0 heterocycles. The molecule has 0 amide bonds. The zero-order valence-electron chi connectivity index (χ0n) is 18.5. The van der Waals surface area contributed by atoms with Crippen molar-refractivity contribution in [1.82, 2.24) is 0 Å². The Morgan fingerprint density at radius 2 is 0.879 bits per heavy atom. The summed E-state index contributed by atoms with van der Waals surface area (Å²) in [6.07, 6.45) is 1.10. The van der Waals surface area contributed by atoms with Crippen LogP contribution in [0.15, 0.2) is 121 Å². The van der Waals surface area contributed by atoms with Crippen molar-refractivity contribution in [2.45, 2.75) is 12.3 Å². The number of rotatable bonds is 3. The Labute approximate surface area is 193 Å². The highest BCUT2D eigenvalue weighted by atomic mass is 14.4. The molecule has 6 aromatic carbocycles. The Morgan fingerprint density at radius 1 is 0.515 bits per heavy atom. The van der Waals surface area contributed by atoms with E-state index in [1.165, 1.54) is 59.8 Å². The molecule has 1 saturated carbocycles. The highest BCUT2D eigenvalue weighted by Gasteiger charge is 2.39. The largest absolute Gasteiger partial charge is 0.0995 e. The summed E-state index contributed by atoms with van der Waals surface area (Å²) in [5.41, 5.74) is 4.22. The van der Waals surface area contributed by atoms with Crippen LogP contribution in [0.2, 0.25) is 0 Å². The van der Waals surface area contributed by atoms with Gasteiger partial charge in [0.2, 0.25) is 0 Å². The van der Waals surface area contributed by atoms with Crippen LogP contribution in [-0.2, 0) is 0 Å². The molecule has 0 aromatic heterocycles. The van der Waals surface area contributed by atoms with Gasteiger partial charge in [-0.15, -0.1) is 0 Å². The van der Waals surface area contributed by atoms with Gasteiger partial charge in [-0.1, -0.05) is 109 Å². The van der Waals surface area contributed by atoms with Crippen LogP contribution >= 0.6 is 0 Å². The monoisotopic (exact) mass is 420 g/mol. The second kappa shape index (κ2) is 7.05. The molecule has 1 atom stereocenters. The maximum absolute atomic E-state index is 4.40. The van der Waals surface area contributed by atoms with Crippen molar-refractivity contribution in [3.63, 3.8) is 0 Å². The molecule has 0 heteroatoms. The van der Waals surface area contributed by atoms with E-state index in [0.717, 1.165) is 6.42 Å². The first-order valence-corrected chi connectivity index (χ1v) is 11.8. The molecule has 7 rings (SSSR count). The van der Waals surface area contributed by atoms with Crippen LogP contribution in [0.25, 0.3) is 43.1 Å². The highest BCUT2D eigenvalue weighted by Crippen LogP contribution is 2.53. The van der Waals surface area contributed by atoms with Crippen LogP contribution in [0.1, 0.15) is 23.5 Å². The summed E-state index contributed by atoms with van der Waals surface area (Å²) in [5.74, 6) is 0.778. The maximum Gasteiger partial charge on any atom is 0.0170 e. The van der Waals surface area contributed by atoms with Crippen molar-refractivity contribution in [3.05, 3.63) is 132 Å². The predicted octanol–water partition coefficient (Wildman–Crippen LogP) is 9.01.